The minimum atomic E-state index is 0.828. The van der Waals surface area contributed by atoms with Crippen LogP contribution in [0.4, 0.5) is 0 Å². The quantitative estimate of drug-likeness (QED) is 0.778. The Morgan fingerprint density at radius 2 is 2.00 bits per heavy atom. The van der Waals surface area contributed by atoms with Crippen molar-refractivity contribution in [3.63, 3.8) is 0 Å². The van der Waals surface area contributed by atoms with Crippen LogP contribution < -0.4 is 5.32 Å². The van der Waals surface area contributed by atoms with Crippen molar-refractivity contribution >= 4 is 10.9 Å². The third-order valence-electron chi connectivity index (χ3n) is 3.51. The molecule has 0 radical (unpaired) electrons. The number of rotatable bonds is 3. The Hall–Kier alpha value is -2.07. The number of fused-ring (bicyclic) bond motifs is 1. The predicted octanol–water partition coefficient (Wildman–Crippen LogP) is 2.30. The van der Waals surface area contributed by atoms with Gasteiger partial charge in [0, 0.05) is 43.3 Å². The van der Waals surface area contributed by atoms with Crippen molar-refractivity contribution in [1.82, 2.24) is 19.7 Å². The van der Waals surface area contributed by atoms with Crippen molar-refractivity contribution in [2.24, 2.45) is 14.1 Å². The van der Waals surface area contributed by atoms with Gasteiger partial charge in [-0.3, -0.25) is 4.68 Å². The Bertz CT molecular complexity index is 721. The van der Waals surface area contributed by atoms with Crippen molar-refractivity contribution in [1.29, 1.82) is 0 Å². The van der Waals surface area contributed by atoms with E-state index in [1.807, 2.05) is 18.8 Å². The second kappa shape index (κ2) is 4.55. The lowest BCUT2D eigenvalue weighted by molar-refractivity contribution is 0.673. The van der Waals surface area contributed by atoms with Gasteiger partial charge < -0.3 is 9.88 Å². The maximum atomic E-state index is 4.63. The molecule has 4 nitrogen and oxygen atoms in total. The average molecular weight is 254 g/mol. The number of hydrogen-bond donors (Lipinski definition) is 1. The zero-order valence-corrected chi connectivity index (χ0v) is 11.5. The summed E-state index contributed by atoms with van der Waals surface area (Å²) in [6.07, 6.45) is 2.15. The maximum Gasteiger partial charge on any atom is 0.0947 e. The van der Waals surface area contributed by atoms with Crippen LogP contribution in [0.1, 0.15) is 5.69 Å². The largest absolute Gasteiger partial charge is 0.350 e. The van der Waals surface area contributed by atoms with E-state index in [2.05, 4.69) is 58.6 Å². The molecule has 19 heavy (non-hydrogen) atoms. The summed E-state index contributed by atoms with van der Waals surface area (Å²) in [5.41, 5.74) is 4.64. The minimum Gasteiger partial charge on any atom is -0.350 e. The molecule has 1 aromatic carbocycles. The fraction of sp³-hybridized carbons (Fsp3) is 0.267. The lowest BCUT2D eigenvalue weighted by Gasteiger charge is -1.97. The topological polar surface area (TPSA) is 34.8 Å². The SMILES string of the molecule is CNCc1cc(-c2cn(C)c3ccccc23)nn1C. The first-order valence-electron chi connectivity index (χ1n) is 6.42. The minimum absolute atomic E-state index is 0.828. The summed E-state index contributed by atoms with van der Waals surface area (Å²) in [6.45, 7) is 0.828. The molecular formula is C15H18N4. The molecule has 0 spiro atoms. The zero-order chi connectivity index (χ0) is 13.4. The van der Waals surface area contributed by atoms with Crippen LogP contribution in [0.3, 0.4) is 0 Å². The van der Waals surface area contributed by atoms with Crippen LogP contribution in [-0.4, -0.2) is 21.4 Å². The maximum absolute atomic E-state index is 4.63. The van der Waals surface area contributed by atoms with Gasteiger partial charge in [-0.15, -0.1) is 0 Å². The molecule has 3 rings (SSSR count). The van der Waals surface area contributed by atoms with Crippen molar-refractivity contribution in [3.8, 4) is 11.3 Å². The predicted molar refractivity (Wildman–Crippen MR) is 77.9 cm³/mol. The monoisotopic (exact) mass is 254 g/mol. The molecule has 4 heteroatoms. The van der Waals surface area contributed by atoms with Gasteiger partial charge in [0.2, 0.25) is 0 Å². The Kier molecular flexibility index (Phi) is 2.87. The van der Waals surface area contributed by atoms with E-state index < -0.39 is 0 Å². The summed E-state index contributed by atoms with van der Waals surface area (Å²) in [4.78, 5) is 0. The molecule has 1 N–H and O–H groups in total. The Morgan fingerprint density at radius 1 is 1.21 bits per heavy atom. The van der Waals surface area contributed by atoms with Crippen LogP contribution >= 0.6 is 0 Å². The summed E-state index contributed by atoms with van der Waals surface area (Å²) in [6, 6.07) is 10.6. The molecule has 0 aliphatic rings. The third kappa shape index (κ3) is 1.94. The van der Waals surface area contributed by atoms with Crippen LogP contribution in [0, 0.1) is 0 Å². The van der Waals surface area contributed by atoms with E-state index in [1.165, 1.54) is 22.2 Å². The number of benzene rings is 1. The van der Waals surface area contributed by atoms with Gasteiger partial charge in [0.15, 0.2) is 0 Å². The van der Waals surface area contributed by atoms with E-state index in [0.29, 0.717) is 0 Å². The number of nitrogens with zero attached hydrogens (tertiary/aromatic N) is 3. The molecule has 0 fully saturated rings. The van der Waals surface area contributed by atoms with E-state index in [-0.39, 0.29) is 0 Å². The molecule has 2 aromatic heterocycles. The van der Waals surface area contributed by atoms with E-state index in [0.717, 1.165) is 12.2 Å². The lowest BCUT2D eigenvalue weighted by atomic mass is 10.1. The lowest BCUT2D eigenvalue weighted by Crippen LogP contribution is -2.09. The third-order valence-corrected chi connectivity index (χ3v) is 3.51. The molecule has 0 amide bonds. The van der Waals surface area contributed by atoms with Crippen molar-refractivity contribution in [3.05, 3.63) is 42.2 Å². The molecular weight excluding hydrogens is 236 g/mol. The number of nitrogens with one attached hydrogen (secondary N) is 1. The number of aryl methyl sites for hydroxylation is 2. The van der Waals surface area contributed by atoms with Gasteiger partial charge in [-0.2, -0.15) is 5.10 Å². The summed E-state index contributed by atoms with van der Waals surface area (Å²) < 4.78 is 4.09. The van der Waals surface area contributed by atoms with E-state index in [9.17, 15) is 0 Å². The first-order valence-corrected chi connectivity index (χ1v) is 6.42. The number of hydrogen-bond acceptors (Lipinski definition) is 2. The second-order valence-electron chi connectivity index (χ2n) is 4.85. The molecule has 2 heterocycles. The molecule has 0 saturated heterocycles. The molecule has 0 atom stereocenters. The summed E-state index contributed by atoms with van der Waals surface area (Å²) in [5, 5.41) is 9.04. The summed E-state index contributed by atoms with van der Waals surface area (Å²) in [5.74, 6) is 0. The molecule has 0 aliphatic carbocycles. The smallest absolute Gasteiger partial charge is 0.0947 e. The van der Waals surface area contributed by atoms with Gasteiger partial charge in [0.05, 0.1) is 11.4 Å². The average Bonchev–Trinajstić information content (AvgIpc) is 2.93. The van der Waals surface area contributed by atoms with Crippen molar-refractivity contribution in [2.75, 3.05) is 7.05 Å². The van der Waals surface area contributed by atoms with Gasteiger partial charge in [-0.05, 0) is 19.2 Å². The summed E-state index contributed by atoms with van der Waals surface area (Å²) >= 11 is 0. The highest BCUT2D eigenvalue weighted by Crippen LogP contribution is 2.29. The van der Waals surface area contributed by atoms with Crippen LogP contribution in [0.25, 0.3) is 22.2 Å². The van der Waals surface area contributed by atoms with Gasteiger partial charge in [-0.1, -0.05) is 18.2 Å². The first kappa shape index (κ1) is 12.0. The molecule has 98 valence electrons. The van der Waals surface area contributed by atoms with Crippen LogP contribution in [0.2, 0.25) is 0 Å². The summed E-state index contributed by atoms with van der Waals surface area (Å²) in [7, 11) is 6.01. The van der Waals surface area contributed by atoms with Gasteiger partial charge in [0.25, 0.3) is 0 Å². The molecule has 0 unspecified atom stereocenters. The van der Waals surface area contributed by atoms with Crippen LogP contribution in [-0.2, 0) is 20.6 Å². The first-order chi connectivity index (χ1) is 9.20. The van der Waals surface area contributed by atoms with Crippen molar-refractivity contribution in [2.45, 2.75) is 6.54 Å². The zero-order valence-electron chi connectivity index (χ0n) is 11.5. The van der Waals surface area contributed by atoms with Gasteiger partial charge >= 0.3 is 0 Å². The molecule has 0 bridgehead atoms. The highest BCUT2D eigenvalue weighted by Gasteiger charge is 2.12. The fourth-order valence-electron chi connectivity index (χ4n) is 2.53. The van der Waals surface area contributed by atoms with Crippen LogP contribution in [0.5, 0.6) is 0 Å². The highest BCUT2D eigenvalue weighted by molar-refractivity contribution is 5.95. The normalized spacial score (nSPS) is 11.3. The van der Waals surface area contributed by atoms with Crippen molar-refractivity contribution < 1.29 is 0 Å². The number of aromatic nitrogens is 3. The Labute approximate surface area is 112 Å². The Morgan fingerprint density at radius 3 is 2.79 bits per heavy atom. The second-order valence-corrected chi connectivity index (χ2v) is 4.85. The van der Waals surface area contributed by atoms with E-state index in [1.54, 1.807) is 0 Å². The Balaban J connectivity index is 2.16. The molecule has 3 aromatic rings. The van der Waals surface area contributed by atoms with E-state index >= 15 is 0 Å². The fourth-order valence-corrected chi connectivity index (χ4v) is 2.53. The van der Waals surface area contributed by atoms with Crippen LogP contribution in [0.15, 0.2) is 36.5 Å². The van der Waals surface area contributed by atoms with Gasteiger partial charge in [-0.25, -0.2) is 0 Å². The number of para-hydroxylation sites is 1. The van der Waals surface area contributed by atoms with Gasteiger partial charge in [0.1, 0.15) is 0 Å². The highest BCUT2D eigenvalue weighted by atomic mass is 15.3. The van der Waals surface area contributed by atoms with E-state index in [4.69, 9.17) is 0 Å². The standard InChI is InChI=1S/C15H18N4/c1-16-9-11-8-14(17-19(11)3)13-10-18(2)15-7-5-4-6-12(13)15/h4-8,10,16H,9H2,1-3H3. The molecule has 0 aliphatic heterocycles. The molecule has 0 saturated carbocycles.